The molecule has 11 heavy (non-hydrogen) atoms. The maximum Gasteiger partial charge on any atom is 0.0635 e. The van der Waals surface area contributed by atoms with Crippen molar-refractivity contribution >= 4 is 0 Å². The summed E-state index contributed by atoms with van der Waals surface area (Å²) in [5, 5.41) is 16.6. The van der Waals surface area contributed by atoms with Gasteiger partial charge in [0.2, 0.25) is 0 Å². The van der Waals surface area contributed by atoms with Gasteiger partial charge in [0, 0.05) is 32.5 Å². The molecule has 0 amide bonds. The van der Waals surface area contributed by atoms with Crippen LogP contribution in [0.1, 0.15) is 19.8 Å². The summed E-state index contributed by atoms with van der Waals surface area (Å²) in [4.78, 5) is 1.98. The molecule has 0 saturated carbocycles. The van der Waals surface area contributed by atoms with Crippen LogP contribution in [-0.2, 0) is 0 Å². The lowest BCUT2D eigenvalue weighted by Gasteiger charge is -2.15. The lowest BCUT2D eigenvalue weighted by atomic mass is 10.3. The van der Waals surface area contributed by atoms with Crippen molar-refractivity contribution in [2.24, 2.45) is 0 Å². The van der Waals surface area contributed by atoms with Crippen molar-refractivity contribution in [3.63, 3.8) is 0 Å². The Morgan fingerprint density at radius 1 is 1.18 bits per heavy atom. The predicted molar refractivity (Wildman–Crippen MR) is 42.0 cm³/mol. The van der Waals surface area contributed by atoms with E-state index < -0.39 is 0 Å². The Bertz CT molecular complexity index is 145. The molecular weight excluding hydrogens is 138 g/mol. The lowest BCUT2D eigenvalue weighted by molar-refractivity contribution is 0.353. The minimum Gasteiger partial charge on any atom is -0.297 e. The maximum atomic E-state index is 8.28. The van der Waals surface area contributed by atoms with E-state index >= 15 is 0 Å². The third-order valence-corrected chi connectivity index (χ3v) is 1.39. The summed E-state index contributed by atoms with van der Waals surface area (Å²) in [6, 6.07) is 4.13. The monoisotopic (exact) mass is 150 g/mol. The van der Waals surface area contributed by atoms with E-state index in [4.69, 9.17) is 10.5 Å². The largest absolute Gasteiger partial charge is 0.297 e. The van der Waals surface area contributed by atoms with Gasteiger partial charge >= 0.3 is 0 Å². The van der Waals surface area contributed by atoms with Gasteiger partial charge < -0.3 is 0 Å². The molecule has 0 aromatic rings. The lowest BCUT2D eigenvalue weighted by Crippen LogP contribution is -2.21. The van der Waals surface area contributed by atoms with E-state index in [9.17, 15) is 0 Å². The Hall–Kier alpha value is -1.06. The van der Waals surface area contributed by atoms with E-state index in [-0.39, 0.29) is 0 Å². The van der Waals surface area contributed by atoms with Crippen LogP contribution in [0, 0.1) is 29.2 Å². The summed E-state index contributed by atoms with van der Waals surface area (Å²) in [6.45, 7) is 5.28. The molecule has 3 nitrogen and oxygen atoms in total. The van der Waals surface area contributed by atoms with Crippen LogP contribution in [0.2, 0.25) is 0 Å². The summed E-state index contributed by atoms with van der Waals surface area (Å²) in [5.41, 5.74) is 0. The van der Waals surface area contributed by atoms with Crippen molar-refractivity contribution in [1.29, 1.82) is 10.5 Å². The third kappa shape index (κ3) is 5.39. The Morgan fingerprint density at radius 3 is 1.91 bits per heavy atom. The molecule has 0 heterocycles. The predicted octanol–water partition coefficient (Wildman–Crippen LogP) is 1.30. The number of hydrogen-bond donors (Lipinski definition) is 0. The Labute approximate surface area is 67.8 Å². The molecule has 59 valence electrons. The van der Waals surface area contributed by atoms with Crippen molar-refractivity contribution < 1.29 is 0 Å². The van der Waals surface area contributed by atoms with Gasteiger partial charge in [0.05, 0.1) is 12.1 Å². The van der Waals surface area contributed by atoms with Crippen LogP contribution in [0.5, 0.6) is 0 Å². The highest BCUT2D eigenvalue weighted by molar-refractivity contribution is 4.78. The Balaban J connectivity index is 3.44. The van der Waals surface area contributed by atoms with E-state index in [1.807, 2.05) is 18.4 Å². The number of nitrogens with zero attached hydrogens (tertiary/aromatic N) is 3. The molecule has 0 atom stereocenters. The molecular formula is C8H12N3. The molecule has 0 aromatic carbocycles. The molecule has 1 radical (unpaired) electrons. The molecule has 0 aliphatic rings. The SMILES string of the molecule is C[CH]N(CCC#N)CCC#N. The summed E-state index contributed by atoms with van der Waals surface area (Å²) in [6.07, 6.45) is 1.05. The molecule has 0 bridgehead atoms. The van der Waals surface area contributed by atoms with Crippen LogP contribution in [0.15, 0.2) is 0 Å². The quantitative estimate of drug-likeness (QED) is 0.593. The van der Waals surface area contributed by atoms with Crippen LogP contribution in [0.3, 0.4) is 0 Å². The smallest absolute Gasteiger partial charge is 0.0635 e. The van der Waals surface area contributed by atoms with Crippen LogP contribution >= 0.6 is 0 Å². The minimum atomic E-state index is 0.524. The van der Waals surface area contributed by atoms with Gasteiger partial charge in [-0.3, -0.25) is 4.90 Å². The number of nitriles is 2. The van der Waals surface area contributed by atoms with Gasteiger partial charge in [0.25, 0.3) is 0 Å². The standard InChI is InChI=1S/C8H12N3/c1-2-11(7-3-5-9)8-4-6-10/h2H,3-4,7-8H2,1H3. The molecule has 0 saturated heterocycles. The first kappa shape index (κ1) is 9.94. The average molecular weight is 150 g/mol. The molecule has 0 rings (SSSR count). The normalized spacial score (nSPS) is 9.09. The van der Waals surface area contributed by atoms with Crippen molar-refractivity contribution in [3.8, 4) is 12.1 Å². The first-order valence-electron chi connectivity index (χ1n) is 3.62. The van der Waals surface area contributed by atoms with Gasteiger partial charge in [-0.05, 0) is 6.92 Å². The van der Waals surface area contributed by atoms with Crippen LogP contribution in [0.4, 0.5) is 0 Å². The second-order valence-electron chi connectivity index (χ2n) is 2.11. The Kier molecular flexibility index (Phi) is 6.37. The highest BCUT2D eigenvalue weighted by atomic mass is 15.1. The fourth-order valence-corrected chi connectivity index (χ4v) is 0.757. The molecule has 0 aliphatic heterocycles. The second-order valence-corrected chi connectivity index (χ2v) is 2.11. The summed E-state index contributed by atoms with van der Waals surface area (Å²) in [7, 11) is 0. The molecule has 0 unspecified atom stereocenters. The van der Waals surface area contributed by atoms with Gasteiger partial charge in [0.1, 0.15) is 0 Å². The first-order chi connectivity index (χ1) is 5.35. The van der Waals surface area contributed by atoms with Crippen LogP contribution in [-0.4, -0.2) is 18.0 Å². The third-order valence-electron chi connectivity index (χ3n) is 1.39. The topological polar surface area (TPSA) is 50.8 Å². The Morgan fingerprint density at radius 2 is 1.64 bits per heavy atom. The zero-order valence-corrected chi connectivity index (χ0v) is 6.75. The highest BCUT2D eigenvalue weighted by Crippen LogP contribution is 1.95. The average Bonchev–Trinajstić information content (AvgIpc) is 2.05. The summed E-state index contributed by atoms with van der Waals surface area (Å²) in [5.74, 6) is 0. The summed E-state index contributed by atoms with van der Waals surface area (Å²) >= 11 is 0. The van der Waals surface area contributed by atoms with Crippen molar-refractivity contribution in [2.75, 3.05) is 13.1 Å². The van der Waals surface area contributed by atoms with Crippen LogP contribution < -0.4 is 0 Å². The fourth-order valence-electron chi connectivity index (χ4n) is 0.757. The molecule has 0 aliphatic carbocycles. The van der Waals surface area contributed by atoms with E-state index in [1.54, 1.807) is 0 Å². The van der Waals surface area contributed by atoms with Crippen LogP contribution in [0.25, 0.3) is 0 Å². The van der Waals surface area contributed by atoms with Gasteiger partial charge in [-0.25, -0.2) is 0 Å². The second kappa shape index (κ2) is 7.05. The number of hydrogen-bond acceptors (Lipinski definition) is 3. The molecule has 0 fully saturated rings. The van der Waals surface area contributed by atoms with Gasteiger partial charge in [-0.1, -0.05) is 0 Å². The van der Waals surface area contributed by atoms with Gasteiger partial charge in [-0.2, -0.15) is 10.5 Å². The molecule has 0 spiro atoms. The van der Waals surface area contributed by atoms with E-state index in [1.165, 1.54) is 0 Å². The van der Waals surface area contributed by atoms with E-state index in [0.717, 1.165) is 13.1 Å². The zero-order chi connectivity index (χ0) is 8.53. The zero-order valence-electron chi connectivity index (χ0n) is 6.75. The first-order valence-corrected chi connectivity index (χ1v) is 3.62. The fraction of sp³-hybridized carbons (Fsp3) is 0.625. The van der Waals surface area contributed by atoms with E-state index in [2.05, 4.69) is 12.1 Å². The molecule has 0 N–H and O–H groups in total. The van der Waals surface area contributed by atoms with Crippen molar-refractivity contribution in [3.05, 3.63) is 6.54 Å². The van der Waals surface area contributed by atoms with Gasteiger partial charge in [0.15, 0.2) is 0 Å². The van der Waals surface area contributed by atoms with Crippen molar-refractivity contribution in [2.45, 2.75) is 19.8 Å². The summed E-state index contributed by atoms with van der Waals surface area (Å²) < 4.78 is 0. The van der Waals surface area contributed by atoms with Gasteiger partial charge in [-0.15, -0.1) is 0 Å². The van der Waals surface area contributed by atoms with Crippen molar-refractivity contribution in [1.82, 2.24) is 4.90 Å². The number of rotatable bonds is 5. The maximum absolute atomic E-state index is 8.28. The minimum absolute atomic E-state index is 0.524. The molecule has 3 heteroatoms. The van der Waals surface area contributed by atoms with E-state index in [0.29, 0.717) is 12.8 Å². The molecule has 0 aromatic heterocycles. The highest BCUT2D eigenvalue weighted by Gasteiger charge is 1.99.